The molecule has 1 fully saturated rings. The topological polar surface area (TPSA) is 75.7 Å². The molecular weight excluding hydrogens is 376 g/mol. The highest BCUT2D eigenvalue weighted by Crippen LogP contribution is 2.34. The Morgan fingerprint density at radius 2 is 1.92 bits per heavy atom. The molecule has 0 bridgehead atoms. The van der Waals surface area contributed by atoms with Crippen LogP contribution >= 0.6 is 11.6 Å². The summed E-state index contributed by atoms with van der Waals surface area (Å²) in [7, 11) is -2.55. The van der Waals surface area contributed by atoms with Gasteiger partial charge in [0.05, 0.1) is 17.7 Å². The summed E-state index contributed by atoms with van der Waals surface area (Å²) < 4.78 is 32.7. The van der Waals surface area contributed by atoms with E-state index in [1.54, 1.807) is 30.3 Å². The normalized spacial score (nSPS) is 13.9. The summed E-state index contributed by atoms with van der Waals surface area (Å²) in [6, 6.07) is 12.7. The van der Waals surface area contributed by atoms with Gasteiger partial charge in [0.1, 0.15) is 12.3 Å². The van der Waals surface area contributed by atoms with Gasteiger partial charge in [-0.1, -0.05) is 29.8 Å². The predicted molar refractivity (Wildman–Crippen MR) is 100 cm³/mol. The number of ether oxygens (including phenoxy) is 1. The van der Waals surface area contributed by atoms with Crippen LogP contribution in [0.3, 0.4) is 0 Å². The van der Waals surface area contributed by atoms with Crippen LogP contribution in [0, 0.1) is 0 Å². The quantitative estimate of drug-likeness (QED) is 0.783. The lowest BCUT2D eigenvalue weighted by atomic mass is 10.3. The molecule has 0 heterocycles. The van der Waals surface area contributed by atoms with E-state index < -0.39 is 10.0 Å². The molecule has 26 heavy (non-hydrogen) atoms. The highest BCUT2D eigenvalue weighted by molar-refractivity contribution is 7.92. The summed E-state index contributed by atoms with van der Waals surface area (Å²) in [4.78, 5) is 12.4. The fourth-order valence-electron chi connectivity index (χ4n) is 2.51. The molecular formula is C18H19ClN2O4S. The van der Waals surface area contributed by atoms with E-state index >= 15 is 0 Å². The molecule has 0 aromatic heterocycles. The van der Waals surface area contributed by atoms with Gasteiger partial charge in [-0.05, 0) is 43.2 Å². The zero-order chi connectivity index (χ0) is 18.7. The van der Waals surface area contributed by atoms with Gasteiger partial charge in [0.2, 0.25) is 5.91 Å². The first-order chi connectivity index (χ1) is 12.4. The molecule has 2 aromatic rings. The van der Waals surface area contributed by atoms with Crippen LogP contribution in [-0.2, 0) is 14.8 Å². The van der Waals surface area contributed by atoms with Gasteiger partial charge in [-0.25, -0.2) is 8.42 Å². The number of hydrogen-bond donors (Lipinski definition) is 1. The molecule has 1 saturated carbocycles. The van der Waals surface area contributed by atoms with Crippen molar-refractivity contribution in [3.05, 3.63) is 53.6 Å². The van der Waals surface area contributed by atoms with Crippen molar-refractivity contribution in [3.8, 4) is 5.75 Å². The number of sulfonamides is 1. The summed E-state index contributed by atoms with van der Waals surface area (Å²) in [6.07, 6.45) is 1.83. The van der Waals surface area contributed by atoms with Gasteiger partial charge in [0.25, 0.3) is 10.0 Å². The van der Waals surface area contributed by atoms with Crippen LogP contribution in [0.4, 0.5) is 5.69 Å². The minimum atomic E-state index is -3.98. The van der Waals surface area contributed by atoms with Crippen molar-refractivity contribution < 1.29 is 17.9 Å². The summed E-state index contributed by atoms with van der Waals surface area (Å²) in [5.41, 5.74) is 0.217. The summed E-state index contributed by atoms with van der Waals surface area (Å²) >= 11 is 6.07. The summed E-state index contributed by atoms with van der Waals surface area (Å²) in [6.45, 7) is -0.357. The Morgan fingerprint density at radius 3 is 2.54 bits per heavy atom. The molecule has 1 aliphatic carbocycles. The van der Waals surface area contributed by atoms with Gasteiger partial charge in [0.15, 0.2) is 0 Å². The van der Waals surface area contributed by atoms with Crippen molar-refractivity contribution in [2.75, 3.05) is 18.0 Å². The van der Waals surface area contributed by atoms with E-state index in [0.717, 1.165) is 17.1 Å². The van der Waals surface area contributed by atoms with Gasteiger partial charge in [-0.15, -0.1) is 0 Å². The highest BCUT2D eigenvalue weighted by atomic mass is 35.5. The number of carbonyl (C=O) groups excluding carboxylic acids is 1. The maximum atomic E-state index is 13.2. The SMILES string of the molecule is COc1ccc(Cl)cc1N(CC(=O)NC1CC1)S(=O)(=O)c1ccccc1. The molecule has 138 valence electrons. The molecule has 0 unspecified atom stereocenters. The molecule has 6 nitrogen and oxygen atoms in total. The summed E-state index contributed by atoms with van der Waals surface area (Å²) in [5, 5.41) is 3.16. The Labute approximate surface area is 157 Å². The first kappa shape index (κ1) is 18.5. The molecule has 0 atom stereocenters. The molecule has 0 radical (unpaired) electrons. The van der Waals surface area contributed by atoms with Crippen molar-refractivity contribution in [2.45, 2.75) is 23.8 Å². The Kier molecular flexibility index (Phi) is 5.38. The maximum Gasteiger partial charge on any atom is 0.264 e. The first-order valence-electron chi connectivity index (χ1n) is 8.12. The van der Waals surface area contributed by atoms with E-state index in [1.165, 1.54) is 25.3 Å². The van der Waals surface area contributed by atoms with Gasteiger partial charge >= 0.3 is 0 Å². The van der Waals surface area contributed by atoms with Crippen molar-refractivity contribution in [2.24, 2.45) is 0 Å². The smallest absolute Gasteiger partial charge is 0.264 e. The lowest BCUT2D eigenvalue weighted by Gasteiger charge is -2.25. The average molecular weight is 395 g/mol. The third-order valence-corrected chi connectivity index (χ3v) is 5.98. The van der Waals surface area contributed by atoms with Crippen LogP contribution in [0.25, 0.3) is 0 Å². The second kappa shape index (κ2) is 7.55. The predicted octanol–water partition coefficient (Wildman–Crippen LogP) is 2.82. The van der Waals surface area contributed by atoms with Crippen LogP contribution in [0.5, 0.6) is 5.75 Å². The fourth-order valence-corrected chi connectivity index (χ4v) is 4.12. The Morgan fingerprint density at radius 1 is 1.23 bits per heavy atom. The van der Waals surface area contributed by atoms with E-state index in [9.17, 15) is 13.2 Å². The van der Waals surface area contributed by atoms with Crippen LogP contribution < -0.4 is 14.4 Å². The van der Waals surface area contributed by atoms with Crippen molar-refractivity contribution in [1.29, 1.82) is 0 Å². The largest absolute Gasteiger partial charge is 0.495 e. The number of amides is 1. The number of anilines is 1. The van der Waals surface area contributed by atoms with Crippen LogP contribution in [0.15, 0.2) is 53.4 Å². The molecule has 1 aliphatic rings. The van der Waals surface area contributed by atoms with Crippen LogP contribution in [0.2, 0.25) is 5.02 Å². The molecule has 0 spiro atoms. The Balaban J connectivity index is 2.04. The van der Waals surface area contributed by atoms with E-state index in [-0.39, 0.29) is 29.1 Å². The molecule has 8 heteroatoms. The lowest BCUT2D eigenvalue weighted by Crippen LogP contribution is -2.41. The van der Waals surface area contributed by atoms with E-state index in [1.807, 2.05) is 0 Å². The summed E-state index contributed by atoms with van der Waals surface area (Å²) in [5.74, 6) is -0.0536. The Bertz CT molecular complexity index is 899. The van der Waals surface area contributed by atoms with Gasteiger partial charge in [-0.3, -0.25) is 9.10 Å². The fraction of sp³-hybridized carbons (Fsp3) is 0.278. The number of methoxy groups -OCH3 is 1. The second-order valence-corrected chi connectivity index (χ2v) is 8.28. The minimum Gasteiger partial charge on any atom is -0.495 e. The zero-order valence-corrected chi connectivity index (χ0v) is 15.8. The molecule has 2 aromatic carbocycles. The number of halogens is 1. The molecule has 0 saturated heterocycles. The standard InChI is InChI=1S/C18H19ClN2O4S/c1-25-17-10-7-13(19)11-16(17)21(12-18(22)20-14-8-9-14)26(23,24)15-5-3-2-4-6-15/h2-7,10-11,14H,8-9,12H2,1H3,(H,20,22). The van der Waals surface area contributed by atoms with Gasteiger partial charge in [0, 0.05) is 11.1 Å². The number of carbonyl (C=O) groups is 1. The van der Waals surface area contributed by atoms with E-state index in [0.29, 0.717) is 10.8 Å². The van der Waals surface area contributed by atoms with Gasteiger partial charge < -0.3 is 10.1 Å². The number of benzene rings is 2. The van der Waals surface area contributed by atoms with Gasteiger partial charge in [-0.2, -0.15) is 0 Å². The van der Waals surface area contributed by atoms with E-state index in [2.05, 4.69) is 5.32 Å². The third-order valence-electron chi connectivity index (χ3n) is 3.97. The van der Waals surface area contributed by atoms with Crippen molar-refractivity contribution in [3.63, 3.8) is 0 Å². The molecule has 3 rings (SSSR count). The highest BCUT2D eigenvalue weighted by Gasteiger charge is 2.31. The average Bonchev–Trinajstić information content (AvgIpc) is 3.44. The molecule has 1 N–H and O–H groups in total. The van der Waals surface area contributed by atoms with Crippen LogP contribution in [-0.4, -0.2) is 34.0 Å². The molecule has 1 amide bonds. The van der Waals surface area contributed by atoms with Crippen LogP contribution in [0.1, 0.15) is 12.8 Å². The monoisotopic (exact) mass is 394 g/mol. The second-order valence-electron chi connectivity index (χ2n) is 5.98. The minimum absolute atomic E-state index is 0.0845. The Hall–Kier alpha value is -2.25. The van der Waals surface area contributed by atoms with Crippen molar-refractivity contribution >= 4 is 33.2 Å². The zero-order valence-electron chi connectivity index (χ0n) is 14.2. The first-order valence-corrected chi connectivity index (χ1v) is 9.94. The number of hydrogen-bond acceptors (Lipinski definition) is 4. The number of nitrogens with zero attached hydrogens (tertiary/aromatic N) is 1. The third kappa shape index (κ3) is 4.11. The number of rotatable bonds is 7. The van der Waals surface area contributed by atoms with E-state index in [4.69, 9.17) is 16.3 Å². The lowest BCUT2D eigenvalue weighted by molar-refractivity contribution is -0.119. The number of nitrogens with one attached hydrogen (secondary N) is 1. The maximum absolute atomic E-state index is 13.2. The molecule has 0 aliphatic heterocycles. The van der Waals surface area contributed by atoms with Crippen molar-refractivity contribution in [1.82, 2.24) is 5.32 Å².